The van der Waals surface area contributed by atoms with E-state index in [1.807, 2.05) is 0 Å². The van der Waals surface area contributed by atoms with Gasteiger partial charge in [0.15, 0.2) is 0 Å². The maximum Gasteiger partial charge on any atom is 0.441 e. The number of nitrogens with two attached hydrogens (primary N) is 1. The van der Waals surface area contributed by atoms with Crippen LogP contribution < -0.4 is 11.1 Å². The van der Waals surface area contributed by atoms with Crippen molar-refractivity contribution in [3.63, 3.8) is 0 Å². The second kappa shape index (κ2) is 6.06. The van der Waals surface area contributed by atoms with Crippen molar-refractivity contribution in [2.45, 2.75) is 5.51 Å². The van der Waals surface area contributed by atoms with Crippen molar-refractivity contribution in [3.05, 3.63) is 23.9 Å². The second-order valence-corrected chi connectivity index (χ2v) is 4.59. The summed E-state index contributed by atoms with van der Waals surface area (Å²) in [4.78, 5) is 4.19. The van der Waals surface area contributed by atoms with Gasteiger partial charge in [0.25, 0.3) is 0 Å². The lowest BCUT2D eigenvalue weighted by molar-refractivity contribution is -0.0327. The minimum absolute atomic E-state index is 0.0774. The number of thioether (sulfide) groups is 1. The van der Waals surface area contributed by atoms with Crippen molar-refractivity contribution in [1.82, 2.24) is 4.98 Å². The highest BCUT2D eigenvalue weighted by Crippen LogP contribution is 2.29. The number of pyridine rings is 1. The Hall–Kier alpha value is -1.02. The van der Waals surface area contributed by atoms with Crippen LogP contribution in [0.15, 0.2) is 18.2 Å². The first-order valence-electron chi connectivity index (χ1n) is 4.60. The van der Waals surface area contributed by atoms with Gasteiger partial charge >= 0.3 is 5.51 Å². The zero-order valence-corrected chi connectivity index (χ0v) is 10.3. The predicted octanol–water partition coefficient (Wildman–Crippen LogP) is 2.38. The van der Waals surface area contributed by atoms with Gasteiger partial charge in [0.05, 0.1) is 5.69 Å². The quantitative estimate of drug-likeness (QED) is 0.641. The summed E-state index contributed by atoms with van der Waals surface area (Å²) in [5.74, 6) is 0.376. The molecule has 0 bridgehead atoms. The van der Waals surface area contributed by atoms with Gasteiger partial charge in [0.1, 0.15) is 10.8 Å². The van der Waals surface area contributed by atoms with Gasteiger partial charge < -0.3 is 11.1 Å². The molecule has 0 aliphatic carbocycles. The van der Waals surface area contributed by atoms with Gasteiger partial charge in [-0.15, -0.1) is 0 Å². The van der Waals surface area contributed by atoms with Crippen LogP contribution in [0.25, 0.3) is 0 Å². The Morgan fingerprint density at radius 2 is 2.18 bits per heavy atom. The molecule has 1 rings (SSSR count). The lowest BCUT2D eigenvalue weighted by Crippen LogP contribution is -2.14. The van der Waals surface area contributed by atoms with E-state index in [1.165, 1.54) is 0 Å². The summed E-state index contributed by atoms with van der Waals surface area (Å²) in [6.45, 7) is 0.165. The highest BCUT2D eigenvalue weighted by Gasteiger charge is 2.27. The van der Waals surface area contributed by atoms with E-state index in [2.05, 4.69) is 10.3 Å². The number of halogens is 3. The van der Waals surface area contributed by atoms with Gasteiger partial charge in [-0.1, -0.05) is 18.3 Å². The van der Waals surface area contributed by atoms with E-state index in [9.17, 15) is 13.2 Å². The lowest BCUT2D eigenvalue weighted by atomic mass is 10.3. The molecule has 3 nitrogen and oxygen atoms in total. The van der Waals surface area contributed by atoms with E-state index in [0.717, 1.165) is 0 Å². The largest absolute Gasteiger partial charge is 0.441 e. The molecule has 3 N–H and O–H groups in total. The summed E-state index contributed by atoms with van der Waals surface area (Å²) >= 11 is 4.66. The van der Waals surface area contributed by atoms with E-state index in [1.54, 1.807) is 18.2 Å². The number of anilines is 1. The van der Waals surface area contributed by atoms with Crippen molar-refractivity contribution in [3.8, 4) is 0 Å². The number of aromatic nitrogens is 1. The van der Waals surface area contributed by atoms with Gasteiger partial charge in [-0.05, 0) is 23.9 Å². The highest BCUT2D eigenvalue weighted by atomic mass is 32.2. The number of nitrogens with zero attached hydrogens (tertiary/aromatic N) is 1. The van der Waals surface area contributed by atoms with Gasteiger partial charge in [-0.2, -0.15) is 13.2 Å². The number of alkyl halides is 3. The van der Waals surface area contributed by atoms with Crippen LogP contribution in [0.1, 0.15) is 5.69 Å². The molecule has 0 aliphatic rings. The molecule has 94 valence electrons. The summed E-state index contributed by atoms with van der Waals surface area (Å²) < 4.78 is 35.5. The maximum atomic E-state index is 11.8. The SMILES string of the molecule is NC(=S)c1cccc(NCCSC(F)(F)F)n1. The number of rotatable bonds is 5. The lowest BCUT2D eigenvalue weighted by Gasteiger charge is -2.08. The Morgan fingerprint density at radius 1 is 1.47 bits per heavy atom. The molecular formula is C9H10F3N3S2. The van der Waals surface area contributed by atoms with Gasteiger partial charge in [0, 0.05) is 12.3 Å². The molecule has 1 heterocycles. The predicted molar refractivity (Wildman–Crippen MR) is 67.1 cm³/mol. The van der Waals surface area contributed by atoms with Crippen LogP contribution in [-0.4, -0.2) is 27.8 Å². The average molecular weight is 281 g/mol. The third-order valence-electron chi connectivity index (χ3n) is 1.68. The van der Waals surface area contributed by atoms with Gasteiger partial charge in [-0.25, -0.2) is 4.98 Å². The van der Waals surface area contributed by atoms with Gasteiger partial charge in [-0.3, -0.25) is 0 Å². The van der Waals surface area contributed by atoms with E-state index in [0.29, 0.717) is 11.5 Å². The van der Waals surface area contributed by atoms with E-state index in [4.69, 9.17) is 18.0 Å². The Morgan fingerprint density at radius 3 is 2.76 bits per heavy atom. The van der Waals surface area contributed by atoms with Gasteiger partial charge in [0.2, 0.25) is 0 Å². The number of hydrogen-bond acceptors (Lipinski definition) is 4. The molecule has 0 spiro atoms. The summed E-state index contributed by atoms with van der Waals surface area (Å²) in [5.41, 5.74) is 1.62. The molecule has 0 saturated heterocycles. The number of hydrogen-bond donors (Lipinski definition) is 2. The molecule has 8 heteroatoms. The topological polar surface area (TPSA) is 50.9 Å². The average Bonchev–Trinajstić information content (AvgIpc) is 2.23. The molecule has 1 aromatic rings. The molecule has 0 saturated carbocycles. The Balaban J connectivity index is 2.42. The van der Waals surface area contributed by atoms with E-state index < -0.39 is 5.51 Å². The molecule has 0 atom stereocenters. The maximum absolute atomic E-state index is 11.8. The van der Waals surface area contributed by atoms with E-state index in [-0.39, 0.29) is 29.0 Å². The van der Waals surface area contributed by atoms with Crippen LogP contribution in [-0.2, 0) is 0 Å². The highest BCUT2D eigenvalue weighted by molar-refractivity contribution is 8.00. The molecule has 17 heavy (non-hydrogen) atoms. The van der Waals surface area contributed by atoms with Crippen molar-refractivity contribution in [1.29, 1.82) is 0 Å². The first-order chi connectivity index (χ1) is 7.88. The Labute approximate surface area is 106 Å². The first kappa shape index (κ1) is 14.0. The fraction of sp³-hybridized carbons (Fsp3) is 0.333. The Kier molecular flexibility index (Phi) is 5.01. The number of thiocarbonyl (C=S) groups is 1. The summed E-state index contributed by atoms with van der Waals surface area (Å²) in [6, 6.07) is 4.96. The monoisotopic (exact) mass is 281 g/mol. The molecule has 0 unspecified atom stereocenters. The van der Waals surface area contributed by atoms with Crippen molar-refractivity contribution < 1.29 is 13.2 Å². The fourth-order valence-electron chi connectivity index (χ4n) is 1.02. The zero-order chi connectivity index (χ0) is 12.9. The molecule has 0 aromatic carbocycles. The van der Waals surface area contributed by atoms with Crippen molar-refractivity contribution in [2.24, 2.45) is 5.73 Å². The summed E-state index contributed by atoms with van der Waals surface area (Å²) in [7, 11) is 0. The molecule has 0 radical (unpaired) electrons. The molecule has 0 fully saturated rings. The van der Waals surface area contributed by atoms with Crippen LogP contribution in [0.5, 0.6) is 0 Å². The first-order valence-corrected chi connectivity index (χ1v) is 5.99. The van der Waals surface area contributed by atoms with Crippen LogP contribution in [0.4, 0.5) is 19.0 Å². The van der Waals surface area contributed by atoms with Crippen LogP contribution in [0.2, 0.25) is 0 Å². The summed E-state index contributed by atoms with van der Waals surface area (Å²) in [6.07, 6.45) is 0. The second-order valence-electron chi connectivity index (χ2n) is 2.99. The smallest absolute Gasteiger partial charge is 0.388 e. The minimum Gasteiger partial charge on any atom is -0.388 e. The van der Waals surface area contributed by atoms with Crippen LogP contribution in [0, 0.1) is 0 Å². The van der Waals surface area contributed by atoms with Crippen LogP contribution >= 0.6 is 24.0 Å². The number of nitrogens with one attached hydrogen (secondary N) is 1. The van der Waals surface area contributed by atoms with Crippen molar-refractivity contribution in [2.75, 3.05) is 17.6 Å². The Bertz CT molecular complexity index is 395. The third-order valence-corrected chi connectivity index (χ3v) is 2.62. The standard InChI is InChI=1S/C9H10F3N3S2/c10-9(11,12)17-5-4-14-7-3-1-2-6(15-7)8(13)16/h1-3H,4-5H2,(H2,13,16)(H,14,15). The van der Waals surface area contributed by atoms with Crippen LogP contribution in [0.3, 0.4) is 0 Å². The molecule has 0 aliphatic heterocycles. The minimum atomic E-state index is -4.20. The summed E-state index contributed by atoms with van der Waals surface area (Å²) in [5, 5.41) is 2.77. The molecule has 1 aromatic heterocycles. The van der Waals surface area contributed by atoms with E-state index >= 15 is 0 Å². The zero-order valence-electron chi connectivity index (χ0n) is 8.62. The fourth-order valence-corrected chi connectivity index (χ4v) is 1.57. The molecular weight excluding hydrogens is 271 g/mol. The third kappa shape index (κ3) is 5.73. The van der Waals surface area contributed by atoms with Crippen molar-refractivity contribution >= 4 is 34.8 Å². The normalized spacial score (nSPS) is 11.2. The molecule has 0 amide bonds.